The van der Waals surface area contributed by atoms with Crippen LogP contribution < -0.4 is 0 Å². The molecule has 1 aromatic rings. The Hall–Kier alpha value is -0.860. The molecule has 1 aliphatic carbocycles. The fraction of sp³-hybridized carbons (Fsp3) is 0.684. The van der Waals surface area contributed by atoms with E-state index in [2.05, 4.69) is 38.1 Å². The van der Waals surface area contributed by atoms with Gasteiger partial charge in [0.05, 0.1) is 11.7 Å². The summed E-state index contributed by atoms with van der Waals surface area (Å²) in [5.41, 5.74) is 2.43. The average molecular weight is 288 g/mol. The van der Waals surface area contributed by atoms with Gasteiger partial charge in [0.15, 0.2) is 0 Å². The summed E-state index contributed by atoms with van der Waals surface area (Å²) in [7, 11) is 0. The molecule has 0 amide bonds. The Bertz CT molecular complexity index is 482. The minimum atomic E-state index is -0.539. The Morgan fingerprint density at radius 1 is 1.33 bits per heavy atom. The fourth-order valence-electron chi connectivity index (χ4n) is 4.07. The highest BCUT2D eigenvalue weighted by Gasteiger charge is 2.38. The highest BCUT2D eigenvalue weighted by molar-refractivity contribution is 5.32. The Morgan fingerprint density at radius 3 is 2.95 bits per heavy atom. The van der Waals surface area contributed by atoms with Gasteiger partial charge < -0.3 is 9.84 Å². The zero-order valence-corrected chi connectivity index (χ0v) is 13.3. The number of benzene rings is 1. The maximum atomic E-state index is 11.1. The average Bonchev–Trinajstić information content (AvgIpc) is 2.47. The van der Waals surface area contributed by atoms with Crippen LogP contribution in [0.25, 0.3) is 0 Å². The van der Waals surface area contributed by atoms with Crippen molar-refractivity contribution in [3.63, 3.8) is 0 Å². The van der Waals surface area contributed by atoms with Crippen molar-refractivity contribution in [3.8, 4) is 0 Å². The van der Waals surface area contributed by atoms with E-state index in [1.807, 2.05) is 0 Å². The van der Waals surface area contributed by atoms with Gasteiger partial charge in [0.1, 0.15) is 0 Å². The number of rotatable bonds is 3. The van der Waals surface area contributed by atoms with Gasteiger partial charge in [-0.3, -0.25) is 0 Å². The molecule has 0 saturated carbocycles. The highest BCUT2D eigenvalue weighted by atomic mass is 16.5. The lowest BCUT2D eigenvalue weighted by molar-refractivity contribution is -0.122. The molecular formula is C19H28O2. The maximum absolute atomic E-state index is 11.1. The number of hydrogen-bond acceptors (Lipinski definition) is 2. The molecule has 2 nitrogen and oxygen atoms in total. The Morgan fingerprint density at radius 2 is 2.14 bits per heavy atom. The van der Waals surface area contributed by atoms with Gasteiger partial charge in [0.25, 0.3) is 0 Å². The summed E-state index contributed by atoms with van der Waals surface area (Å²) in [6, 6.07) is 8.80. The SMILES string of the molecule is CC(C)C1CC(O)(CC2CCCc3ccccc32)CCO1. The molecule has 1 fully saturated rings. The lowest BCUT2D eigenvalue weighted by Gasteiger charge is -2.41. The van der Waals surface area contributed by atoms with Gasteiger partial charge in [-0.2, -0.15) is 0 Å². The first-order valence-corrected chi connectivity index (χ1v) is 8.49. The van der Waals surface area contributed by atoms with Crippen LogP contribution in [0.15, 0.2) is 24.3 Å². The first kappa shape index (κ1) is 15.1. The molecule has 1 heterocycles. The van der Waals surface area contributed by atoms with Gasteiger partial charge >= 0.3 is 0 Å². The molecule has 116 valence electrons. The number of aliphatic hydroxyl groups is 1. The molecule has 21 heavy (non-hydrogen) atoms. The predicted molar refractivity (Wildman–Crippen MR) is 85.5 cm³/mol. The molecule has 0 spiro atoms. The zero-order valence-electron chi connectivity index (χ0n) is 13.3. The van der Waals surface area contributed by atoms with Crippen molar-refractivity contribution in [2.24, 2.45) is 5.92 Å². The molecular weight excluding hydrogens is 260 g/mol. The molecule has 0 aromatic heterocycles. The Kier molecular flexibility index (Phi) is 4.37. The van der Waals surface area contributed by atoms with E-state index in [4.69, 9.17) is 4.74 Å². The zero-order chi connectivity index (χ0) is 14.9. The first-order chi connectivity index (χ1) is 10.1. The summed E-state index contributed by atoms with van der Waals surface area (Å²) < 4.78 is 5.83. The van der Waals surface area contributed by atoms with Crippen molar-refractivity contribution >= 4 is 0 Å². The molecule has 2 heteroatoms. The molecule has 0 bridgehead atoms. The van der Waals surface area contributed by atoms with Crippen molar-refractivity contribution in [1.82, 2.24) is 0 Å². The van der Waals surface area contributed by atoms with Crippen LogP contribution in [0, 0.1) is 5.92 Å². The smallest absolute Gasteiger partial charge is 0.0700 e. The first-order valence-electron chi connectivity index (χ1n) is 8.49. The third kappa shape index (κ3) is 3.32. The van der Waals surface area contributed by atoms with E-state index in [-0.39, 0.29) is 6.10 Å². The van der Waals surface area contributed by atoms with Crippen LogP contribution in [-0.4, -0.2) is 23.4 Å². The van der Waals surface area contributed by atoms with Gasteiger partial charge in [-0.1, -0.05) is 38.1 Å². The van der Waals surface area contributed by atoms with E-state index in [1.165, 1.54) is 30.4 Å². The monoisotopic (exact) mass is 288 g/mol. The fourth-order valence-corrected chi connectivity index (χ4v) is 4.07. The summed E-state index contributed by atoms with van der Waals surface area (Å²) in [4.78, 5) is 0. The summed E-state index contributed by atoms with van der Waals surface area (Å²) in [5.74, 6) is 1.00. The summed E-state index contributed by atoms with van der Waals surface area (Å²) in [5, 5.41) is 11.1. The normalized spacial score (nSPS) is 33.0. The van der Waals surface area contributed by atoms with E-state index in [0.29, 0.717) is 18.4 Å². The van der Waals surface area contributed by atoms with Gasteiger partial charge in [-0.05, 0) is 55.1 Å². The number of fused-ring (bicyclic) bond motifs is 1. The van der Waals surface area contributed by atoms with E-state index in [9.17, 15) is 5.11 Å². The second-order valence-corrected chi connectivity index (χ2v) is 7.32. The molecule has 1 N–H and O–H groups in total. The molecule has 1 saturated heterocycles. The van der Waals surface area contributed by atoms with Gasteiger partial charge in [0.2, 0.25) is 0 Å². The van der Waals surface area contributed by atoms with E-state index >= 15 is 0 Å². The predicted octanol–water partition coefficient (Wildman–Crippen LogP) is 4.06. The minimum Gasteiger partial charge on any atom is -0.390 e. The van der Waals surface area contributed by atoms with Crippen LogP contribution in [-0.2, 0) is 11.2 Å². The van der Waals surface area contributed by atoms with Crippen LogP contribution in [0.4, 0.5) is 0 Å². The molecule has 3 atom stereocenters. The van der Waals surface area contributed by atoms with E-state index in [1.54, 1.807) is 0 Å². The van der Waals surface area contributed by atoms with Crippen molar-refractivity contribution in [1.29, 1.82) is 0 Å². The topological polar surface area (TPSA) is 29.5 Å². The van der Waals surface area contributed by atoms with Gasteiger partial charge in [0, 0.05) is 13.0 Å². The Balaban J connectivity index is 1.74. The van der Waals surface area contributed by atoms with Crippen LogP contribution in [0.2, 0.25) is 0 Å². The van der Waals surface area contributed by atoms with Crippen molar-refractivity contribution in [3.05, 3.63) is 35.4 Å². The second kappa shape index (κ2) is 6.10. The van der Waals surface area contributed by atoms with Crippen molar-refractivity contribution < 1.29 is 9.84 Å². The quantitative estimate of drug-likeness (QED) is 0.908. The third-order valence-corrected chi connectivity index (χ3v) is 5.34. The van der Waals surface area contributed by atoms with Gasteiger partial charge in [-0.25, -0.2) is 0 Å². The summed E-state index contributed by atoms with van der Waals surface area (Å²) >= 11 is 0. The standard InChI is InChI=1S/C19H28O2/c1-14(2)18-13-19(20,10-11-21-18)12-16-8-5-7-15-6-3-4-9-17(15)16/h3-4,6,9,14,16,18,20H,5,7-8,10-13H2,1-2H3. The lowest BCUT2D eigenvalue weighted by atomic mass is 9.73. The van der Waals surface area contributed by atoms with Crippen LogP contribution in [0.1, 0.15) is 63.0 Å². The van der Waals surface area contributed by atoms with Crippen LogP contribution in [0.3, 0.4) is 0 Å². The maximum Gasteiger partial charge on any atom is 0.0700 e. The van der Waals surface area contributed by atoms with Crippen LogP contribution >= 0.6 is 0 Å². The summed E-state index contributed by atoms with van der Waals surface area (Å²) in [6.45, 7) is 5.08. The molecule has 3 rings (SSSR count). The summed E-state index contributed by atoms with van der Waals surface area (Å²) in [6.07, 6.45) is 6.36. The third-order valence-electron chi connectivity index (χ3n) is 5.34. The highest BCUT2D eigenvalue weighted by Crippen LogP contribution is 2.41. The van der Waals surface area contributed by atoms with E-state index < -0.39 is 5.60 Å². The number of hydrogen-bond donors (Lipinski definition) is 1. The number of ether oxygens (including phenoxy) is 1. The molecule has 2 aliphatic rings. The number of aryl methyl sites for hydroxylation is 1. The largest absolute Gasteiger partial charge is 0.390 e. The van der Waals surface area contributed by atoms with Crippen molar-refractivity contribution in [2.45, 2.75) is 70.0 Å². The molecule has 3 unspecified atom stereocenters. The van der Waals surface area contributed by atoms with Crippen molar-refractivity contribution in [2.75, 3.05) is 6.61 Å². The van der Waals surface area contributed by atoms with E-state index in [0.717, 1.165) is 19.3 Å². The van der Waals surface area contributed by atoms with Gasteiger partial charge in [-0.15, -0.1) is 0 Å². The Labute approximate surface area is 128 Å². The second-order valence-electron chi connectivity index (χ2n) is 7.32. The minimum absolute atomic E-state index is 0.211. The molecule has 1 aromatic carbocycles. The lowest BCUT2D eigenvalue weighted by Crippen LogP contribution is -2.44. The van der Waals surface area contributed by atoms with Crippen LogP contribution in [0.5, 0.6) is 0 Å². The molecule has 0 radical (unpaired) electrons. The molecule has 1 aliphatic heterocycles.